The lowest BCUT2D eigenvalue weighted by Gasteiger charge is -2.15. The van der Waals surface area contributed by atoms with E-state index in [1.807, 2.05) is 22.8 Å². The zero-order valence-electron chi connectivity index (χ0n) is 11.3. The van der Waals surface area contributed by atoms with Gasteiger partial charge in [-0.15, -0.1) is 0 Å². The van der Waals surface area contributed by atoms with Crippen LogP contribution in [0.4, 0.5) is 5.69 Å². The summed E-state index contributed by atoms with van der Waals surface area (Å²) in [7, 11) is -1.01. The van der Waals surface area contributed by atoms with Gasteiger partial charge in [0.25, 0.3) is 0 Å². The van der Waals surface area contributed by atoms with Crippen molar-refractivity contribution in [1.82, 2.24) is 9.55 Å². The molecule has 0 amide bonds. The minimum absolute atomic E-state index is 0.560. The molecule has 0 radical (unpaired) electrons. The summed E-state index contributed by atoms with van der Waals surface area (Å²) in [5.74, 6) is 0. The fourth-order valence-electron chi connectivity index (χ4n) is 1.72. The lowest BCUT2D eigenvalue weighted by Crippen LogP contribution is -2.21. The van der Waals surface area contributed by atoms with Crippen LogP contribution in [-0.2, 0) is 11.5 Å². The fourth-order valence-corrected chi connectivity index (χ4v) is 2.48. The summed E-state index contributed by atoms with van der Waals surface area (Å²) in [6.45, 7) is 8.44. The van der Waals surface area contributed by atoms with Gasteiger partial charge in [0, 0.05) is 20.4 Å². The Morgan fingerprint density at radius 1 is 1.33 bits per heavy atom. The van der Waals surface area contributed by atoms with E-state index < -0.39 is 8.07 Å². The highest BCUT2D eigenvalue weighted by Gasteiger charge is 2.12. The number of ether oxygens (including phenoxy) is 1. The van der Waals surface area contributed by atoms with Gasteiger partial charge in [-0.1, -0.05) is 19.6 Å². The second kappa shape index (κ2) is 5.12. The van der Waals surface area contributed by atoms with Crippen molar-refractivity contribution in [3.63, 3.8) is 0 Å². The van der Waals surface area contributed by atoms with E-state index in [1.165, 1.54) is 6.04 Å². The normalized spacial score (nSPS) is 12.2. The molecule has 2 aromatic rings. The summed E-state index contributed by atoms with van der Waals surface area (Å²) in [5, 5.41) is 0. The van der Waals surface area contributed by atoms with Gasteiger partial charge in [0.15, 0.2) is 0 Å². The van der Waals surface area contributed by atoms with Crippen molar-refractivity contribution < 1.29 is 4.74 Å². The molecule has 1 aromatic heterocycles. The minimum atomic E-state index is -1.01. The highest BCUT2D eigenvalue weighted by molar-refractivity contribution is 6.76. The van der Waals surface area contributed by atoms with E-state index in [0.717, 1.165) is 23.3 Å². The van der Waals surface area contributed by atoms with E-state index in [4.69, 9.17) is 10.5 Å². The Bertz CT molecular complexity index is 531. The monoisotopic (exact) mass is 263 g/mol. The minimum Gasteiger partial charge on any atom is -0.399 e. The van der Waals surface area contributed by atoms with Crippen LogP contribution in [0.5, 0.6) is 0 Å². The maximum absolute atomic E-state index is 5.73. The lowest BCUT2D eigenvalue weighted by molar-refractivity contribution is 0.0898. The number of fused-ring (bicyclic) bond motifs is 1. The van der Waals surface area contributed by atoms with Crippen LogP contribution in [0.3, 0.4) is 0 Å². The molecule has 5 heteroatoms. The predicted molar refractivity (Wildman–Crippen MR) is 78.3 cm³/mol. The maximum Gasteiger partial charge on any atom is 0.124 e. The lowest BCUT2D eigenvalue weighted by atomic mass is 10.3. The average Bonchev–Trinajstić information content (AvgIpc) is 2.65. The highest BCUT2D eigenvalue weighted by Crippen LogP contribution is 2.16. The molecular weight excluding hydrogens is 242 g/mol. The molecule has 0 atom stereocenters. The first-order valence-corrected chi connectivity index (χ1v) is 9.94. The van der Waals surface area contributed by atoms with Crippen LogP contribution in [0.1, 0.15) is 0 Å². The summed E-state index contributed by atoms with van der Waals surface area (Å²) in [6.07, 6.45) is 1.80. The zero-order valence-corrected chi connectivity index (χ0v) is 12.3. The summed E-state index contributed by atoms with van der Waals surface area (Å²) in [6, 6.07) is 6.95. The Labute approximate surface area is 109 Å². The fraction of sp³-hybridized carbons (Fsp3) is 0.462. The SMILES string of the molecule is C[Si](C)(C)CCOCn1cnc2cc(N)ccc21. The van der Waals surface area contributed by atoms with E-state index in [0.29, 0.717) is 6.73 Å². The molecule has 1 heterocycles. The van der Waals surface area contributed by atoms with E-state index in [9.17, 15) is 0 Å². The topological polar surface area (TPSA) is 53.1 Å². The molecule has 1 aromatic carbocycles. The quantitative estimate of drug-likeness (QED) is 0.512. The average molecular weight is 263 g/mol. The first-order chi connectivity index (χ1) is 8.46. The van der Waals surface area contributed by atoms with Gasteiger partial charge in [0.1, 0.15) is 6.73 Å². The molecule has 18 heavy (non-hydrogen) atoms. The van der Waals surface area contributed by atoms with Crippen molar-refractivity contribution in [2.45, 2.75) is 32.4 Å². The van der Waals surface area contributed by atoms with E-state index in [2.05, 4.69) is 24.6 Å². The van der Waals surface area contributed by atoms with Crippen LogP contribution in [0, 0.1) is 0 Å². The van der Waals surface area contributed by atoms with Gasteiger partial charge >= 0.3 is 0 Å². The smallest absolute Gasteiger partial charge is 0.124 e. The van der Waals surface area contributed by atoms with E-state index in [1.54, 1.807) is 6.33 Å². The van der Waals surface area contributed by atoms with Crippen LogP contribution in [0.15, 0.2) is 24.5 Å². The van der Waals surface area contributed by atoms with Crippen LogP contribution in [-0.4, -0.2) is 24.2 Å². The van der Waals surface area contributed by atoms with Gasteiger partial charge < -0.3 is 15.0 Å². The van der Waals surface area contributed by atoms with Crippen LogP contribution in [0.2, 0.25) is 25.7 Å². The number of nitrogens with zero attached hydrogens (tertiary/aromatic N) is 2. The van der Waals surface area contributed by atoms with Gasteiger partial charge in [0.2, 0.25) is 0 Å². The van der Waals surface area contributed by atoms with Gasteiger partial charge in [-0.2, -0.15) is 0 Å². The van der Waals surface area contributed by atoms with Crippen molar-refractivity contribution in [3.8, 4) is 0 Å². The number of nitrogens with two attached hydrogens (primary N) is 1. The van der Waals surface area contributed by atoms with Crippen molar-refractivity contribution in [2.75, 3.05) is 12.3 Å². The van der Waals surface area contributed by atoms with E-state index >= 15 is 0 Å². The second-order valence-corrected chi connectivity index (χ2v) is 11.4. The van der Waals surface area contributed by atoms with Gasteiger partial charge in [0.05, 0.1) is 17.4 Å². The largest absolute Gasteiger partial charge is 0.399 e. The third-order valence-electron chi connectivity index (χ3n) is 2.87. The number of benzene rings is 1. The second-order valence-electron chi connectivity index (χ2n) is 5.81. The van der Waals surface area contributed by atoms with Gasteiger partial charge in [-0.3, -0.25) is 0 Å². The van der Waals surface area contributed by atoms with Crippen molar-refractivity contribution in [1.29, 1.82) is 0 Å². The predicted octanol–water partition coefficient (Wildman–Crippen LogP) is 2.93. The molecule has 0 aliphatic rings. The molecule has 0 bridgehead atoms. The molecule has 0 fully saturated rings. The standard InChI is InChI=1S/C13H21N3OSi/c1-18(2,3)7-6-17-10-16-9-15-12-8-11(14)4-5-13(12)16/h4-5,8-9H,6-7,10,14H2,1-3H3. The first-order valence-electron chi connectivity index (χ1n) is 6.24. The third kappa shape index (κ3) is 3.33. The van der Waals surface area contributed by atoms with Crippen molar-refractivity contribution in [3.05, 3.63) is 24.5 Å². The molecular formula is C13H21N3OSi. The molecule has 2 rings (SSSR count). The summed E-state index contributed by atoms with van der Waals surface area (Å²) >= 11 is 0. The van der Waals surface area contributed by atoms with Crippen LogP contribution < -0.4 is 5.73 Å². The van der Waals surface area contributed by atoms with Crippen LogP contribution >= 0.6 is 0 Å². The number of hydrogen-bond acceptors (Lipinski definition) is 3. The Hall–Kier alpha value is -1.33. The molecule has 0 saturated heterocycles. The van der Waals surface area contributed by atoms with Gasteiger partial charge in [-0.05, 0) is 24.2 Å². The number of aromatic nitrogens is 2. The molecule has 4 nitrogen and oxygen atoms in total. The number of imidazole rings is 1. The molecule has 98 valence electrons. The summed E-state index contributed by atoms with van der Waals surface area (Å²) in [4.78, 5) is 4.32. The molecule has 0 unspecified atom stereocenters. The number of hydrogen-bond donors (Lipinski definition) is 1. The van der Waals surface area contributed by atoms with Crippen molar-refractivity contribution in [2.24, 2.45) is 0 Å². The Balaban J connectivity index is 1.96. The highest BCUT2D eigenvalue weighted by atomic mass is 28.3. The Kier molecular flexibility index (Phi) is 3.73. The third-order valence-corrected chi connectivity index (χ3v) is 4.58. The van der Waals surface area contributed by atoms with Crippen LogP contribution in [0.25, 0.3) is 11.0 Å². The Morgan fingerprint density at radius 2 is 2.11 bits per heavy atom. The maximum atomic E-state index is 5.73. The Morgan fingerprint density at radius 3 is 2.83 bits per heavy atom. The summed E-state index contributed by atoms with van der Waals surface area (Å²) < 4.78 is 7.73. The first kappa shape index (κ1) is 13.1. The number of nitrogen functional groups attached to an aromatic ring is 1. The number of rotatable bonds is 5. The molecule has 0 saturated carbocycles. The summed E-state index contributed by atoms with van der Waals surface area (Å²) in [5.41, 5.74) is 8.46. The molecule has 0 aliphatic carbocycles. The number of anilines is 1. The zero-order chi connectivity index (χ0) is 13.2. The molecule has 2 N–H and O–H groups in total. The van der Waals surface area contributed by atoms with Gasteiger partial charge in [-0.25, -0.2) is 4.98 Å². The van der Waals surface area contributed by atoms with Crippen molar-refractivity contribution >= 4 is 24.8 Å². The molecule has 0 spiro atoms. The van der Waals surface area contributed by atoms with E-state index in [-0.39, 0.29) is 0 Å². The molecule has 0 aliphatic heterocycles.